The van der Waals surface area contributed by atoms with E-state index in [0.717, 1.165) is 85.3 Å². The Morgan fingerprint density at radius 3 is 1.93 bits per heavy atom. The molecule has 6 heteroatoms. The average molecular weight is 833 g/mol. The first-order valence-electron chi connectivity index (χ1n) is 22.1. The number of hydrogen-bond donors (Lipinski definition) is 2. The molecule has 334 valence electrons. The maximum Gasteiger partial charge on any atom is 0.229 e. The van der Waals surface area contributed by atoms with E-state index < -0.39 is 0 Å². The van der Waals surface area contributed by atoms with Gasteiger partial charge in [-0.05, 0) is 147 Å². The highest BCUT2D eigenvalue weighted by molar-refractivity contribution is 5.83. The van der Waals surface area contributed by atoms with Gasteiger partial charge in [-0.2, -0.15) is 0 Å². The molecule has 2 unspecified atom stereocenters. The predicted molar refractivity (Wildman–Crippen MR) is 266 cm³/mol. The molecule has 3 aromatic rings. The van der Waals surface area contributed by atoms with Crippen molar-refractivity contribution in [1.82, 2.24) is 15.5 Å². The van der Waals surface area contributed by atoms with Gasteiger partial charge >= 0.3 is 0 Å². The number of likely N-dealkylation sites (N-methyl/N-ethyl adjacent to an activating group) is 1. The largest absolute Gasteiger partial charge is 0.381 e. The highest BCUT2D eigenvalue weighted by Crippen LogP contribution is 2.32. The van der Waals surface area contributed by atoms with Crippen LogP contribution in [-0.4, -0.2) is 48.7 Å². The van der Waals surface area contributed by atoms with Gasteiger partial charge in [0.15, 0.2) is 0 Å². The summed E-state index contributed by atoms with van der Waals surface area (Å²) in [5, 5.41) is 6.81. The van der Waals surface area contributed by atoms with Crippen LogP contribution in [0.15, 0.2) is 139 Å². The molecular formula is C55H81FN4O. The van der Waals surface area contributed by atoms with Crippen molar-refractivity contribution in [2.24, 2.45) is 16.3 Å². The number of aliphatic imine (C=N–C) groups is 1. The van der Waals surface area contributed by atoms with Crippen LogP contribution in [0, 0.1) is 24.1 Å². The van der Waals surface area contributed by atoms with E-state index in [2.05, 4.69) is 133 Å². The Bertz CT molecular complexity index is 1820. The number of amides is 1. The first-order chi connectivity index (χ1) is 28.7. The van der Waals surface area contributed by atoms with Crippen LogP contribution in [0.1, 0.15) is 130 Å². The molecule has 0 bridgehead atoms. The van der Waals surface area contributed by atoms with Crippen molar-refractivity contribution in [3.8, 4) is 0 Å². The van der Waals surface area contributed by atoms with Gasteiger partial charge in [0.05, 0.1) is 11.5 Å². The third-order valence-corrected chi connectivity index (χ3v) is 11.1. The van der Waals surface area contributed by atoms with Crippen LogP contribution in [0.3, 0.4) is 0 Å². The Kier molecular flexibility index (Phi) is 24.8. The summed E-state index contributed by atoms with van der Waals surface area (Å²) in [6, 6.07) is 25.6. The average Bonchev–Trinajstić information content (AvgIpc) is 3.23. The fourth-order valence-corrected chi connectivity index (χ4v) is 6.47. The normalized spacial score (nSPS) is 14.2. The lowest BCUT2D eigenvalue weighted by molar-refractivity contribution is -0.133. The molecule has 1 saturated heterocycles. The SMILES string of the molecule is C=C(C)C(CCCc1ccccc1)NC(=C)C(C)(C)NC.C=C(c1ccc(F)cc1)C1CCN(C(=O)C(C)c2ccc(C)cc2)CC1.C=CCC(C)(C)C.CC=N/C(C)=C\C. The molecule has 2 N–H and O–H groups in total. The Hall–Kier alpha value is -4.81. The van der Waals surface area contributed by atoms with Gasteiger partial charge in [-0.15, -0.1) is 6.58 Å². The van der Waals surface area contributed by atoms with E-state index in [4.69, 9.17) is 0 Å². The highest BCUT2D eigenvalue weighted by atomic mass is 19.1. The monoisotopic (exact) mass is 833 g/mol. The number of aryl methyl sites for hydroxylation is 2. The van der Waals surface area contributed by atoms with Crippen LogP contribution in [0.4, 0.5) is 4.39 Å². The maximum atomic E-state index is 13.1. The molecule has 61 heavy (non-hydrogen) atoms. The van der Waals surface area contributed by atoms with Crippen molar-refractivity contribution < 1.29 is 9.18 Å². The van der Waals surface area contributed by atoms with Gasteiger partial charge in [-0.1, -0.05) is 131 Å². The summed E-state index contributed by atoms with van der Waals surface area (Å²) in [7, 11) is 1.96. The number of carbonyl (C=O) groups is 1. The van der Waals surface area contributed by atoms with Gasteiger partial charge in [-0.25, -0.2) is 4.39 Å². The Labute approximate surface area is 372 Å². The minimum Gasteiger partial charge on any atom is -0.381 e. The van der Waals surface area contributed by atoms with E-state index in [1.807, 2.05) is 63.9 Å². The summed E-state index contributed by atoms with van der Waals surface area (Å²) < 4.78 is 13.1. The molecule has 0 aliphatic carbocycles. The molecule has 0 saturated carbocycles. The van der Waals surface area contributed by atoms with E-state index >= 15 is 0 Å². The van der Waals surface area contributed by atoms with Gasteiger partial charge in [0, 0.05) is 36.7 Å². The van der Waals surface area contributed by atoms with Gasteiger partial charge in [-0.3, -0.25) is 9.79 Å². The van der Waals surface area contributed by atoms with Crippen LogP contribution in [0.25, 0.3) is 5.57 Å². The van der Waals surface area contributed by atoms with Gasteiger partial charge in [0.1, 0.15) is 5.82 Å². The van der Waals surface area contributed by atoms with Crippen LogP contribution >= 0.6 is 0 Å². The first kappa shape index (κ1) is 54.2. The number of allylic oxidation sites excluding steroid dienone is 4. The van der Waals surface area contributed by atoms with Crippen LogP contribution in [0.2, 0.25) is 0 Å². The van der Waals surface area contributed by atoms with E-state index in [9.17, 15) is 9.18 Å². The number of halogens is 1. The quantitative estimate of drug-likeness (QED) is 0.118. The summed E-state index contributed by atoms with van der Waals surface area (Å²) in [6.07, 6.45) is 12.0. The maximum absolute atomic E-state index is 13.1. The van der Waals surface area contributed by atoms with Crippen LogP contribution < -0.4 is 10.6 Å². The van der Waals surface area contributed by atoms with Crippen molar-refractivity contribution >= 4 is 17.7 Å². The molecule has 2 atom stereocenters. The van der Waals surface area contributed by atoms with Crippen molar-refractivity contribution in [3.63, 3.8) is 0 Å². The lowest BCUT2D eigenvalue weighted by Gasteiger charge is -2.34. The Balaban J connectivity index is 0.000000472. The molecule has 3 aromatic carbocycles. The standard InChI is InChI=1S/C23H26FNO.C19H30N2.C7H14.C6H11N/c1-16-4-6-20(7-5-16)18(3)23(26)25-14-12-21(13-15-25)17(2)19-8-10-22(24)11-9-19;1-15(2)18(21-16(3)19(4,5)20-6)14-10-13-17-11-8-7-9-12-17;1-5-6-7(2,3)4;1-4-6(3)7-5-2/h4-11,18,21H,2,12-15H2,1,3H3;7-9,11-12,18,20-21H,1,3,10,13-14H2,2,4-6H3;5H,1,6H2,2-4H3;4-5H,1-3H3/b;;;6-4-,7-5?. The summed E-state index contributed by atoms with van der Waals surface area (Å²) >= 11 is 0. The van der Waals surface area contributed by atoms with Crippen molar-refractivity contribution in [2.45, 2.75) is 132 Å². The molecule has 1 fully saturated rings. The van der Waals surface area contributed by atoms with Crippen molar-refractivity contribution in [1.29, 1.82) is 0 Å². The van der Waals surface area contributed by atoms with E-state index in [1.165, 1.54) is 23.3 Å². The van der Waals surface area contributed by atoms with E-state index in [1.54, 1.807) is 18.3 Å². The van der Waals surface area contributed by atoms with Crippen LogP contribution in [0.5, 0.6) is 0 Å². The number of likely N-dealkylation sites (tertiary alicyclic amines) is 1. The van der Waals surface area contributed by atoms with E-state index in [-0.39, 0.29) is 29.2 Å². The minimum atomic E-state index is -0.230. The van der Waals surface area contributed by atoms with Crippen molar-refractivity contribution in [2.75, 3.05) is 20.1 Å². The van der Waals surface area contributed by atoms with Crippen LogP contribution in [-0.2, 0) is 11.2 Å². The van der Waals surface area contributed by atoms with Gasteiger partial charge in [0.25, 0.3) is 0 Å². The second kappa shape index (κ2) is 27.9. The molecular weight excluding hydrogens is 752 g/mol. The summed E-state index contributed by atoms with van der Waals surface area (Å²) in [5.74, 6) is 0.193. The number of nitrogens with zero attached hydrogens (tertiary/aromatic N) is 2. The molecule has 1 heterocycles. The zero-order chi connectivity index (χ0) is 46.2. The fourth-order valence-electron chi connectivity index (χ4n) is 6.47. The zero-order valence-corrected chi connectivity index (χ0v) is 40.1. The number of piperidine rings is 1. The Morgan fingerprint density at radius 2 is 1.49 bits per heavy atom. The summed E-state index contributed by atoms with van der Waals surface area (Å²) in [6.45, 7) is 40.5. The van der Waals surface area contributed by atoms with Gasteiger partial charge in [0.2, 0.25) is 5.91 Å². The third kappa shape index (κ3) is 21.5. The van der Waals surface area contributed by atoms with Gasteiger partial charge < -0.3 is 15.5 Å². The molecule has 0 radical (unpaired) electrons. The number of hydrogen-bond acceptors (Lipinski definition) is 4. The topological polar surface area (TPSA) is 56.7 Å². The smallest absolute Gasteiger partial charge is 0.229 e. The molecule has 1 aliphatic rings. The van der Waals surface area contributed by atoms with Crippen molar-refractivity contribution in [3.05, 3.63) is 162 Å². The molecule has 1 aliphatic heterocycles. The zero-order valence-electron chi connectivity index (χ0n) is 40.1. The number of rotatable bonds is 15. The second-order valence-corrected chi connectivity index (χ2v) is 17.9. The molecule has 0 aromatic heterocycles. The third-order valence-electron chi connectivity index (χ3n) is 11.1. The second-order valence-electron chi connectivity index (χ2n) is 17.9. The summed E-state index contributed by atoms with van der Waals surface area (Å²) in [4.78, 5) is 18.8. The highest BCUT2D eigenvalue weighted by Gasteiger charge is 2.28. The van der Waals surface area contributed by atoms with E-state index in [0.29, 0.717) is 11.3 Å². The predicted octanol–water partition coefficient (Wildman–Crippen LogP) is 13.9. The molecule has 0 spiro atoms. The number of nitrogens with one attached hydrogen (secondary N) is 2. The minimum absolute atomic E-state index is 0.118. The number of carbonyl (C=O) groups excluding carboxylic acids is 1. The summed E-state index contributed by atoms with van der Waals surface area (Å²) in [5.41, 5.74) is 9.26. The lowest BCUT2D eigenvalue weighted by atomic mass is 9.85. The lowest BCUT2D eigenvalue weighted by Crippen LogP contribution is -2.46. The fraction of sp³-hybridized carbons (Fsp3) is 0.455. The number of benzene rings is 3. The molecule has 1 amide bonds. The molecule has 4 rings (SSSR count). The Morgan fingerprint density at radius 1 is 0.918 bits per heavy atom. The molecule has 5 nitrogen and oxygen atoms in total. The first-order valence-corrected chi connectivity index (χ1v) is 22.1.